The molecule has 1 saturated heterocycles. The van der Waals surface area contributed by atoms with Crippen LogP contribution in [-0.4, -0.2) is 105 Å². The quantitative estimate of drug-likeness (QED) is 0.0509. The number of fused-ring (bicyclic) bond motifs is 5. The molecule has 18 nitrogen and oxygen atoms in total. The highest BCUT2D eigenvalue weighted by Crippen LogP contribution is 2.64. The molecule has 2 bridgehead atoms. The van der Waals surface area contributed by atoms with Crippen LogP contribution < -0.4 is 5.32 Å². The van der Waals surface area contributed by atoms with E-state index in [1.807, 2.05) is 0 Å². The molecule has 1 aliphatic heterocycles. The first-order chi connectivity index (χ1) is 30.7. The van der Waals surface area contributed by atoms with E-state index in [1.165, 1.54) is 50.2 Å². The van der Waals surface area contributed by atoms with Crippen molar-refractivity contribution in [3.05, 3.63) is 123 Å². The van der Waals surface area contributed by atoms with Crippen molar-refractivity contribution in [2.24, 2.45) is 21.9 Å². The molecule has 11 atom stereocenters. The Morgan fingerprint density at radius 1 is 0.892 bits per heavy atom. The molecule has 1 amide bonds. The molecule has 1 heterocycles. The Balaban J connectivity index is 1.36. The zero-order chi connectivity index (χ0) is 47.2. The van der Waals surface area contributed by atoms with Gasteiger partial charge in [-0.2, -0.15) is 0 Å². The minimum Gasteiger partial charge on any atom is -0.456 e. The number of aliphatic hydroxyl groups is 3. The van der Waals surface area contributed by atoms with Gasteiger partial charge >= 0.3 is 23.9 Å². The third-order valence-corrected chi connectivity index (χ3v) is 13.7. The van der Waals surface area contributed by atoms with Crippen LogP contribution in [0.25, 0.3) is 10.4 Å². The number of ether oxygens (including phenoxy) is 5. The van der Waals surface area contributed by atoms with Crippen molar-refractivity contribution in [2.45, 2.75) is 108 Å². The monoisotopic (exact) mass is 894 g/mol. The van der Waals surface area contributed by atoms with Gasteiger partial charge in [-0.05, 0) is 60.4 Å². The molecule has 0 aromatic heterocycles. The molecule has 4 N–H and O–H groups in total. The number of hydrogen-bond donors (Lipinski definition) is 4. The first-order valence-electron chi connectivity index (χ1n) is 21.0. The number of benzene rings is 3. The zero-order valence-corrected chi connectivity index (χ0v) is 36.5. The largest absolute Gasteiger partial charge is 0.456 e. The van der Waals surface area contributed by atoms with E-state index in [0.717, 1.165) is 13.8 Å². The summed E-state index contributed by atoms with van der Waals surface area (Å²) in [7, 11) is 0. The summed E-state index contributed by atoms with van der Waals surface area (Å²) in [6, 6.07) is 20.0. The Kier molecular flexibility index (Phi) is 12.5. The van der Waals surface area contributed by atoms with Gasteiger partial charge in [-0.25, -0.2) is 9.59 Å². The molecular weight excluding hydrogens is 845 g/mol. The Morgan fingerprint density at radius 3 is 2.09 bits per heavy atom. The Bertz CT molecular complexity index is 2470. The number of carbonyl (C=O) groups excluding carboxylic acids is 6. The zero-order valence-electron chi connectivity index (χ0n) is 36.5. The van der Waals surface area contributed by atoms with Crippen molar-refractivity contribution >= 4 is 41.3 Å². The van der Waals surface area contributed by atoms with Crippen LogP contribution in [0.3, 0.4) is 0 Å². The van der Waals surface area contributed by atoms with Crippen LogP contribution in [-0.2, 0) is 42.9 Å². The van der Waals surface area contributed by atoms with Crippen LogP contribution in [0.2, 0.25) is 0 Å². The lowest BCUT2D eigenvalue weighted by atomic mass is 9.44. The van der Waals surface area contributed by atoms with Crippen LogP contribution in [0, 0.1) is 16.7 Å². The third kappa shape index (κ3) is 7.95. The number of Topliss-reactive ketones (excluding diaryl/α,β-unsaturated/α-hetero) is 1. The molecule has 342 valence electrons. The maximum Gasteiger partial charge on any atom is 0.338 e. The van der Waals surface area contributed by atoms with E-state index in [-0.39, 0.29) is 41.0 Å². The lowest BCUT2D eigenvalue weighted by molar-refractivity contribution is -0.346. The summed E-state index contributed by atoms with van der Waals surface area (Å²) in [5, 5.41) is 43.8. The first-order valence-corrected chi connectivity index (χ1v) is 21.0. The van der Waals surface area contributed by atoms with Gasteiger partial charge in [0, 0.05) is 48.3 Å². The highest BCUT2D eigenvalue weighted by molar-refractivity contribution is 5.96. The topological polar surface area (TPSA) is 270 Å². The minimum atomic E-state index is -2.42. The second-order valence-corrected chi connectivity index (χ2v) is 17.7. The van der Waals surface area contributed by atoms with E-state index in [0.29, 0.717) is 5.56 Å². The summed E-state index contributed by atoms with van der Waals surface area (Å²) >= 11 is 0. The van der Waals surface area contributed by atoms with Crippen LogP contribution in [0.4, 0.5) is 5.69 Å². The summed E-state index contributed by atoms with van der Waals surface area (Å²) in [5.41, 5.74) is 1.60. The average Bonchev–Trinajstić information content (AvgIpc) is 3.26. The maximum atomic E-state index is 15.5. The standard InChI is InChI=1S/C47H50N4O14/c1-24-31(63-43(59)36(55)35(27-13-9-7-10-14-27)49-41(57)28-17-19-30(20-18-28)50-51-48)22-47(60)40(64-42(58)29-15-11-8-12-16-29)38-45(6,32(54)21-33-46(38,23-61-33)65-26(3)53)39(56)37(62-25(2)52)34(24)44(47,4)5/h7-20,31-33,35-38,40,54-55,60H,21-23H2,1-6H3,(H,49,57)/t31-,32-,33+,35-,36+,37+,38?,40-,45+,46-,47+/m0/s1. The summed E-state index contributed by atoms with van der Waals surface area (Å²) in [4.78, 5) is 86.5. The van der Waals surface area contributed by atoms with E-state index >= 15 is 4.79 Å². The lowest BCUT2D eigenvalue weighted by Crippen LogP contribution is -2.82. The lowest BCUT2D eigenvalue weighted by Gasteiger charge is -2.67. The van der Waals surface area contributed by atoms with Crippen molar-refractivity contribution in [3.8, 4) is 0 Å². The first kappa shape index (κ1) is 46.6. The highest BCUT2D eigenvalue weighted by atomic mass is 16.6. The molecule has 2 saturated carbocycles. The van der Waals surface area contributed by atoms with Crippen LogP contribution >= 0.6 is 0 Å². The molecule has 65 heavy (non-hydrogen) atoms. The number of carbonyl (C=O) groups is 6. The van der Waals surface area contributed by atoms with Gasteiger partial charge < -0.3 is 44.3 Å². The molecule has 0 radical (unpaired) electrons. The van der Waals surface area contributed by atoms with E-state index in [2.05, 4.69) is 15.3 Å². The molecule has 18 heteroatoms. The van der Waals surface area contributed by atoms with Crippen molar-refractivity contribution < 1.29 is 67.8 Å². The molecule has 3 aromatic rings. The maximum absolute atomic E-state index is 15.5. The van der Waals surface area contributed by atoms with E-state index in [4.69, 9.17) is 29.2 Å². The van der Waals surface area contributed by atoms with Crippen molar-refractivity contribution in [1.82, 2.24) is 5.32 Å². The third-order valence-electron chi connectivity index (χ3n) is 13.7. The molecule has 4 aliphatic rings. The number of rotatable bonds is 11. The fraction of sp³-hybridized carbons (Fsp3) is 0.447. The van der Waals surface area contributed by atoms with Gasteiger partial charge in [0.1, 0.15) is 23.9 Å². The minimum absolute atomic E-state index is 0.0306. The summed E-state index contributed by atoms with van der Waals surface area (Å²) in [5.74, 6) is -7.11. The Labute approximate surface area is 373 Å². The summed E-state index contributed by atoms with van der Waals surface area (Å²) < 4.78 is 30.3. The number of aliphatic hydroxyl groups excluding tert-OH is 2. The molecule has 1 unspecified atom stereocenters. The summed E-state index contributed by atoms with van der Waals surface area (Å²) in [6.07, 6.45) is -10.8. The van der Waals surface area contributed by atoms with E-state index in [9.17, 15) is 39.3 Å². The van der Waals surface area contributed by atoms with Gasteiger partial charge in [0.2, 0.25) is 0 Å². The van der Waals surface area contributed by atoms with Crippen molar-refractivity contribution in [2.75, 3.05) is 6.61 Å². The normalized spacial score (nSPS) is 30.8. The smallest absolute Gasteiger partial charge is 0.338 e. The van der Waals surface area contributed by atoms with Crippen LogP contribution in [0.5, 0.6) is 0 Å². The highest BCUT2D eigenvalue weighted by Gasteiger charge is 2.78. The molecule has 3 fully saturated rings. The molecule has 3 aliphatic carbocycles. The summed E-state index contributed by atoms with van der Waals surface area (Å²) in [6.45, 7) is 7.85. The van der Waals surface area contributed by atoms with E-state index < -0.39 is 113 Å². The van der Waals surface area contributed by atoms with Gasteiger partial charge in [0.25, 0.3) is 5.91 Å². The number of azide groups is 1. The number of amides is 1. The van der Waals surface area contributed by atoms with Gasteiger partial charge in [-0.3, -0.25) is 19.2 Å². The van der Waals surface area contributed by atoms with Crippen LogP contribution in [0.15, 0.2) is 101 Å². The SMILES string of the molecule is CC(=O)O[C@H]1C(=O)[C@@]2(C)C([C@H](OC(=O)c3ccccc3)[C@]3(O)C[C@H](OC(=O)[C@H](O)[C@@H](NC(=O)c4ccc(N=[N+]=[N-])cc4)c4ccccc4)C(C)=C1C3(C)C)[C@]1(OC(C)=O)CO[C@@H]1C[C@@H]2O. The van der Waals surface area contributed by atoms with Gasteiger partial charge in [-0.15, -0.1) is 0 Å². The second kappa shape index (κ2) is 17.5. The molecule has 3 aromatic carbocycles. The molecular formula is C47H50N4O14. The predicted octanol–water partition coefficient (Wildman–Crippen LogP) is 4.68. The Hall–Kier alpha value is -6.43. The fourth-order valence-corrected chi connectivity index (χ4v) is 10.3. The van der Waals surface area contributed by atoms with Crippen molar-refractivity contribution in [3.63, 3.8) is 0 Å². The van der Waals surface area contributed by atoms with Gasteiger partial charge in [-0.1, -0.05) is 79.6 Å². The number of nitrogens with one attached hydrogen (secondary N) is 1. The molecule has 7 rings (SSSR count). The number of nitrogens with zero attached hydrogens (tertiary/aromatic N) is 3. The fourth-order valence-electron chi connectivity index (χ4n) is 10.3. The number of hydrogen-bond acceptors (Lipinski definition) is 15. The predicted molar refractivity (Wildman–Crippen MR) is 226 cm³/mol. The van der Waals surface area contributed by atoms with Crippen molar-refractivity contribution in [1.29, 1.82) is 0 Å². The van der Waals surface area contributed by atoms with Gasteiger partial charge in [0.15, 0.2) is 23.6 Å². The average molecular weight is 895 g/mol. The molecule has 0 spiro atoms. The second-order valence-electron chi connectivity index (χ2n) is 17.7. The number of ketones is 1. The van der Waals surface area contributed by atoms with Crippen LogP contribution in [0.1, 0.15) is 86.7 Å². The van der Waals surface area contributed by atoms with E-state index in [1.54, 1.807) is 62.4 Å². The number of esters is 4. The van der Waals surface area contributed by atoms with Gasteiger partial charge in [0.05, 0.1) is 35.6 Å². The Morgan fingerprint density at radius 2 is 1.52 bits per heavy atom.